The van der Waals surface area contributed by atoms with Crippen molar-refractivity contribution in [1.82, 2.24) is 15.2 Å². The van der Waals surface area contributed by atoms with Gasteiger partial charge in [0, 0.05) is 24.9 Å². The summed E-state index contributed by atoms with van der Waals surface area (Å²) < 4.78 is 6.12. The van der Waals surface area contributed by atoms with Crippen molar-refractivity contribution in [3.8, 4) is 5.75 Å². The van der Waals surface area contributed by atoms with Crippen LogP contribution in [0.1, 0.15) is 78.8 Å². The minimum atomic E-state index is -0.145. The van der Waals surface area contributed by atoms with Gasteiger partial charge >= 0.3 is 0 Å². The highest BCUT2D eigenvalue weighted by Gasteiger charge is 2.32. The third-order valence-electron chi connectivity index (χ3n) is 6.52. The van der Waals surface area contributed by atoms with E-state index in [1.807, 2.05) is 29.2 Å². The van der Waals surface area contributed by atoms with Crippen LogP contribution in [-0.2, 0) is 17.8 Å². The van der Waals surface area contributed by atoms with Crippen LogP contribution in [0.15, 0.2) is 53.9 Å². The highest BCUT2D eigenvalue weighted by molar-refractivity contribution is 7.09. The van der Waals surface area contributed by atoms with Crippen molar-refractivity contribution in [1.29, 1.82) is 0 Å². The van der Waals surface area contributed by atoms with Crippen molar-refractivity contribution in [2.45, 2.75) is 59.6 Å². The number of fused-ring (bicyclic) bond motifs is 1. The Balaban J connectivity index is 1.49. The van der Waals surface area contributed by atoms with E-state index in [-0.39, 0.29) is 24.5 Å². The van der Waals surface area contributed by atoms with Crippen LogP contribution >= 0.6 is 11.3 Å². The van der Waals surface area contributed by atoms with E-state index in [1.165, 1.54) is 16.9 Å². The van der Waals surface area contributed by atoms with Gasteiger partial charge in [0.05, 0.1) is 6.04 Å². The largest absolute Gasteiger partial charge is 0.486 e. The summed E-state index contributed by atoms with van der Waals surface area (Å²) in [6, 6.07) is 16.2. The van der Waals surface area contributed by atoms with E-state index in [1.54, 1.807) is 5.38 Å². The first-order valence-electron chi connectivity index (χ1n) is 13.1. The van der Waals surface area contributed by atoms with Gasteiger partial charge in [-0.25, -0.2) is 4.98 Å². The van der Waals surface area contributed by atoms with E-state index in [0.717, 1.165) is 34.7 Å². The molecule has 0 bridgehead atoms. The van der Waals surface area contributed by atoms with Crippen LogP contribution in [-0.4, -0.2) is 34.8 Å². The Bertz CT molecular complexity index is 1210. The summed E-state index contributed by atoms with van der Waals surface area (Å²) in [5.74, 6) is 1.62. The molecule has 2 amide bonds. The predicted octanol–water partition coefficient (Wildman–Crippen LogP) is 6.02. The third-order valence-corrected chi connectivity index (χ3v) is 7.34. The van der Waals surface area contributed by atoms with Crippen LogP contribution in [0.5, 0.6) is 5.75 Å². The van der Waals surface area contributed by atoms with Gasteiger partial charge in [0.2, 0.25) is 5.91 Å². The molecule has 0 saturated carbocycles. The molecule has 2 aromatic carbocycles. The second-order valence-electron chi connectivity index (χ2n) is 10.5. The van der Waals surface area contributed by atoms with Gasteiger partial charge < -0.3 is 15.0 Å². The lowest BCUT2D eigenvalue weighted by Gasteiger charge is -2.38. The number of rotatable bonds is 10. The number of hydrogen-bond acceptors (Lipinski definition) is 5. The Morgan fingerprint density at radius 2 is 1.89 bits per heavy atom. The summed E-state index contributed by atoms with van der Waals surface area (Å²) in [5.41, 5.74) is 3.88. The van der Waals surface area contributed by atoms with Crippen molar-refractivity contribution < 1.29 is 14.3 Å². The number of thiazole rings is 1. The number of nitrogens with one attached hydrogen (secondary N) is 1. The average molecular weight is 520 g/mol. The predicted molar refractivity (Wildman–Crippen MR) is 148 cm³/mol. The molecule has 2 heterocycles. The van der Waals surface area contributed by atoms with E-state index in [9.17, 15) is 9.59 Å². The fraction of sp³-hybridized carbons (Fsp3) is 0.433. The smallest absolute Gasteiger partial charge is 0.270 e. The first-order valence-corrected chi connectivity index (χ1v) is 14.0. The molecule has 7 heteroatoms. The zero-order valence-electron chi connectivity index (χ0n) is 22.2. The molecule has 1 N–H and O–H groups in total. The van der Waals surface area contributed by atoms with Gasteiger partial charge in [0.1, 0.15) is 23.1 Å². The highest BCUT2D eigenvalue weighted by Crippen LogP contribution is 2.38. The number of hydrogen-bond donors (Lipinski definition) is 1. The maximum atomic E-state index is 13.2. The molecule has 37 heavy (non-hydrogen) atoms. The van der Waals surface area contributed by atoms with Crippen molar-refractivity contribution in [2.24, 2.45) is 11.8 Å². The molecule has 1 aliphatic heterocycles. The Kier molecular flexibility index (Phi) is 8.98. The molecule has 1 atom stereocenters. The average Bonchev–Trinajstić information content (AvgIpc) is 3.36. The fourth-order valence-corrected chi connectivity index (χ4v) is 5.29. The van der Waals surface area contributed by atoms with Crippen LogP contribution < -0.4 is 10.1 Å². The van der Waals surface area contributed by atoms with Gasteiger partial charge in [-0.2, -0.15) is 0 Å². The number of ether oxygens (including phenoxy) is 1. The number of benzene rings is 2. The summed E-state index contributed by atoms with van der Waals surface area (Å²) in [7, 11) is 0. The van der Waals surface area contributed by atoms with Crippen molar-refractivity contribution >= 4 is 23.2 Å². The van der Waals surface area contributed by atoms with Gasteiger partial charge in [0.25, 0.3) is 5.91 Å². The van der Waals surface area contributed by atoms with Crippen LogP contribution in [0.25, 0.3) is 0 Å². The second-order valence-corrected chi connectivity index (χ2v) is 11.4. The molecular formula is C30H37N3O3S. The second kappa shape index (κ2) is 12.4. The van der Waals surface area contributed by atoms with Gasteiger partial charge in [-0.3, -0.25) is 9.59 Å². The van der Waals surface area contributed by atoms with E-state index in [4.69, 9.17) is 4.74 Å². The molecule has 1 aromatic heterocycles. The summed E-state index contributed by atoms with van der Waals surface area (Å²) in [4.78, 5) is 32.1. The Morgan fingerprint density at radius 1 is 1.11 bits per heavy atom. The van der Waals surface area contributed by atoms with E-state index < -0.39 is 0 Å². The molecule has 4 rings (SSSR count). The molecule has 0 aliphatic carbocycles. The molecule has 3 aromatic rings. The Hall–Kier alpha value is -3.19. The Morgan fingerprint density at radius 3 is 2.62 bits per heavy atom. The van der Waals surface area contributed by atoms with Crippen LogP contribution in [0.2, 0.25) is 0 Å². The number of nitrogens with zero attached hydrogens (tertiary/aromatic N) is 2. The normalized spacial score (nSPS) is 15.1. The van der Waals surface area contributed by atoms with Crippen molar-refractivity contribution in [3.05, 3.63) is 81.3 Å². The third kappa shape index (κ3) is 6.98. The molecule has 0 spiro atoms. The summed E-state index contributed by atoms with van der Waals surface area (Å²) in [6.45, 7) is 10.1. The molecule has 0 fully saturated rings. The zero-order valence-corrected chi connectivity index (χ0v) is 23.0. The van der Waals surface area contributed by atoms with Crippen LogP contribution in [0.3, 0.4) is 0 Å². The standard InChI is InChI=1S/C30H37N3O3S/c1-20(2)12-14-31-30(35)26-19-37-27(32-26)18-36-24-11-10-22-13-15-33(28(34)16-21(3)4)29(25(22)17-24)23-8-6-5-7-9-23/h5-11,17,19-21,29H,12-16,18H2,1-4H3,(H,31,35)/t29-/m1/s1. The first kappa shape index (κ1) is 26.9. The van der Waals surface area contributed by atoms with E-state index >= 15 is 0 Å². The monoisotopic (exact) mass is 519 g/mol. The molecule has 0 saturated heterocycles. The maximum Gasteiger partial charge on any atom is 0.270 e. The fourth-order valence-electron chi connectivity index (χ4n) is 4.60. The zero-order chi connectivity index (χ0) is 26.4. The number of carbonyl (C=O) groups is 2. The minimum Gasteiger partial charge on any atom is -0.486 e. The Labute approximate surface area is 224 Å². The van der Waals surface area contributed by atoms with Gasteiger partial charge in [-0.15, -0.1) is 11.3 Å². The summed E-state index contributed by atoms with van der Waals surface area (Å²) in [5, 5.41) is 5.46. The quantitative estimate of drug-likeness (QED) is 0.356. The molecule has 0 unspecified atom stereocenters. The SMILES string of the molecule is CC(C)CCNC(=O)c1csc(COc2ccc3c(c2)[C@@H](c2ccccc2)N(C(=O)CC(C)C)CC3)n1. The van der Waals surface area contributed by atoms with E-state index in [2.05, 4.69) is 62.3 Å². The van der Waals surface area contributed by atoms with Gasteiger partial charge in [-0.1, -0.05) is 64.1 Å². The molecule has 196 valence electrons. The first-order chi connectivity index (χ1) is 17.8. The summed E-state index contributed by atoms with van der Waals surface area (Å²) in [6.07, 6.45) is 2.30. The van der Waals surface area contributed by atoms with Gasteiger partial charge in [0.15, 0.2) is 0 Å². The lowest BCUT2D eigenvalue weighted by Crippen LogP contribution is -2.41. The molecule has 1 aliphatic rings. The van der Waals surface area contributed by atoms with Crippen molar-refractivity contribution in [3.63, 3.8) is 0 Å². The highest BCUT2D eigenvalue weighted by atomic mass is 32.1. The molecule has 0 radical (unpaired) electrons. The number of aromatic nitrogens is 1. The molecular weight excluding hydrogens is 482 g/mol. The van der Waals surface area contributed by atoms with Crippen LogP contribution in [0.4, 0.5) is 0 Å². The van der Waals surface area contributed by atoms with Gasteiger partial charge in [-0.05, 0) is 53.5 Å². The minimum absolute atomic E-state index is 0.138. The van der Waals surface area contributed by atoms with E-state index in [0.29, 0.717) is 37.0 Å². The maximum absolute atomic E-state index is 13.2. The number of carbonyl (C=O) groups excluding carboxylic acids is 2. The van der Waals surface area contributed by atoms with Crippen LogP contribution in [0, 0.1) is 11.8 Å². The summed E-state index contributed by atoms with van der Waals surface area (Å²) >= 11 is 1.42. The molecule has 6 nitrogen and oxygen atoms in total. The lowest BCUT2D eigenvalue weighted by atomic mass is 9.87. The topological polar surface area (TPSA) is 71.5 Å². The van der Waals surface area contributed by atoms with Crippen molar-refractivity contribution in [2.75, 3.05) is 13.1 Å². The lowest BCUT2D eigenvalue weighted by molar-refractivity contribution is -0.134. The number of amides is 2.